The third-order valence-electron chi connectivity index (χ3n) is 2.28. The van der Waals surface area contributed by atoms with Crippen molar-refractivity contribution in [3.63, 3.8) is 0 Å². The summed E-state index contributed by atoms with van der Waals surface area (Å²) in [5.41, 5.74) is 1.81. The van der Waals surface area contributed by atoms with Crippen LogP contribution in [0.5, 0.6) is 0 Å². The van der Waals surface area contributed by atoms with Gasteiger partial charge in [-0.25, -0.2) is 4.39 Å². The van der Waals surface area contributed by atoms with Crippen molar-refractivity contribution in [2.45, 2.75) is 13.5 Å². The smallest absolute Gasteiger partial charge is 0.126 e. The fourth-order valence-corrected chi connectivity index (χ4v) is 1.89. The molecule has 16 heavy (non-hydrogen) atoms. The maximum absolute atomic E-state index is 13.1. The molecule has 1 N–H and O–H groups in total. The Morgan fingerprint density at radius 2 is 2.19 bits per heavy atom. The second-order valence-corrected chi connectivity index (χ2v) is 4.45. The molecule has 1 heterocycles. The molecule has 2 nitrogen and oxygen atoms in total. The number of benzene rings is 1. The van der Waals surface area contributed by atoms with Gasteiger partial charge in [0.25, 0.3) is 0 Å². The van der Waals surface area contributed by atoms with Gasteiger partial charge < -0.3 is 9.73 Å². The summed E-state index contributed by atoms with van der Waals surface area (Å²) in [4.78, 5) is 0. The summed E-state index contributed by atoms with van der Waals surface area (Å²) < 4.78 is 19.1. The Kier molecular flexibility index (Phi) is 3.29. The first kappa shape index (κ1) is 11.2. The Bertz CT molecular complexity index is 475. The highest BCUT2D eigenvalue weighted by molar-refractivity contribution is 9.10. The quantitative estimate of drug-likeness (QED) is 0.917. The van der Waals surface area contributed by atoms with Gasteiger partial charge in [-0.05, 0) is 36.8 Å². The van der Waals surface area contributed by atoms with E-state index in [0.717, 1.165) is 17.0 Å². The van der Waals surface area contributed by atoms with Crippen molar-refractivity contribution in [3.8, 4) is 0 Å². The second kappa shape index (κ2) is 4.70. The minimum absolute atomic E-state index is 0.270. The van der Waals surface area contributed by atoms with Gasteiger partial charge >= 0.3 is 0 Å². The van der Waals surface area contributed by atoms with E-state index in [-0.39, 0.29) is 5.82 Å². The first-order valence-corrected chi connectivity index (χ1v) is 5.67. The number of furan rings is 1. The molecule has 4 heteroatoms. The Hall–Kier alpha value is -1.29. The maximum Gasteiger partial charge on any atom is 0.126 e. The lowest BCUT2D eigenvalue weighted by molar-refractivity contribution is 0.515. The van der Waals surface area contributed by atoms with E-state index < -0.39 is 0 Å². The van der Waals surface area contributed by atoms with Crippen LogP contribution in [-0.2, 0) is 6.54 Å². The molecular formula is C12H11BrFNO. The van der Waals surface area contributed by atoms with Crippen LogP contribution in [0.1, 0.15) is 11.3 Å². The van der Waals surface area contributed by atoms with Crippen LogP contribution in [0.4, 0.5) is 10.1 Å². The van der Waals surface area contributed by atoms with Crippen molar-refractivity contribution in [3.05, 3.63) is 52.1 Å². The van der Waals surface area contributed by atoms with Crippen LogP contribution in [0.25, 0.3) is 0 Å². The molecule has 0 aliphatic rings. The van der Waals surface area contributed by atoms with E-state index in [0.29, 0.717) is 11.0 Å². The second-order valence-electron chi connectivity index (χ2n) is 3.54. The van der Waals surface area contributed by atoms with Crippen LogP contribution in [-0.4, -0.2) is 0 Å². The van der Waals surface area contributed by atoms with Gasteiger partial charge in [-0.1, -0.05) is 15.9 Å². The van der Waals surface area contributed by atoms with Crippen molar-refractivity contribution in [2.75, 3.05) is 5.32 Å². The molecule has 0 bridgehead atoms. The van der Waals surface area contributed by atoms with Gasteiger partial charge in [0.1, 0.15) is 11.6 Å². The zero-order valence-electron chi connectivity index (χ0n) is 8.76. The van der Waals surface area contributed by atoms with Gasteiger partial charge in [-0.15, -0.1) is 0 Å². The number of rotatable bonds is 3. The SMILES string of the molecule is Cc1ccoc1CNc1cc(F)cc(Br)c1. The monoisotopic (exact) mass is 283 g/mol. The fourth-order valence-electron chi connectivity index (χ4n) is 1.42. The lowest BCUT2D eigenvalue weighted by atomic mass is 10.2. The first-order chi connectivity index (χ1) is 7.65. The number of hydrogen-bond acceptors (Lipinski definition) is 2. The van der Waals surface area contributed by atoms with Gasteiger partial charge in [-0.3, -0.25) is 0 Å². The predicted molar refractivity (Wildman–Crippen MR) is 64.9 cm³/mol. The van der Waals surface area contributed by atoms with Crippen LogP contribution in [0.3, 0.4) is 0 Å². The van der Waals surface area contributed by atoms with E-state index in [1.807, 2.05) is 19.1 Å². The number of nitrogens with one attached hydrogen (secondary N) is 1. The summed E-state index contributed by atoms with van der Waals surface area (Å²) in [5.74, 6) is 0.591. The highest BCUT2D eigenvalue weighted by atomic mass is 79.9. The summed E-state index contributed by atoms with van der Waals surface area (Å²) in [6.45, 7) is 2.52. The molecule has 0 aliphatic carbocycles. The standard InChI is InChI=1S/C12H11BrFNO/c1-8-2-3-16-12(8)7-15-11-5-9(13)4-10(14)6-11/h2-6,15H,7H2,1H3. The fraction of sp³-hybridized carbons (Fsp3) is 0.167. The molecule has 1 aromatic carbocycles. The molecule has 0 saturated carbocycles. The third kappa shape index (κ3) is 2.64. The summed E-state index contributed by atoms with van der Waals surface area (Å²) in [7, 11) is 0. The molecule has 2 rings (SSSR count). The topological polar surface area (TPSA) is 25.2 Å². The third-order valence-corrected chi connectivity index (χ3v) is 2.74. The Morgan fingerprint density at radius 3 is 2.81 bits per heavy atom. The van der Waals surface area contributed by atoms with E-state index >= 15 is 0 Å². The van der Waals surface area contributed by atoms with Crippen molar-refractivity contribution in [2.24, 2.45) is 0 Å². The molecule has 0 fully saturated rings. The van der Waals surface area contributed by atoms with E-state index in [9.17, 15) is 4.39 Å². The molecule has 0 saturated heterocycles. The highest BCUT2D eigenvalue weighted by Gasteiger charge is 2.03. The number of aryl methyl sites for hydroxylation is 1. The summed E-state index contributed by atoms with van der Waals surface area (Å²) in [5, 5.41) is 3.11. The minimum Gasteiger partial charge on any atom is -0.467 e. The summed E-state index contributed by atoms with van der Waals surface area (Å²) in [6.07, 6.45) is 1.65. The molecule has 0 unspecified atom stereocenters. The van der Waals surface area contributed by atoms with Gasteiger partial charge in [0.05, 0.1) is 12.8 Å². The Morgan fingerprint density at radius 1 is 1.38 bits per heavy atom. The Labute approximate surface area is 102 Å². The van der Waals surface area contributed by atoms with Crippen LogP contribution in [0, 0.1) is 12.7 Å². The van der Waals surface area contributed by atoms with Crippen molar-refractivity contribution in [1.82, 2.24) is 0 Å². The molecular weight excluding hydrogens is 273 g/mol. The molecule has 0 aliphatic heterocycles. The highest BCUT2D eigenvalue weighted by Crippen LogP contribution is 2.19. The normalized spacial score (nSPS) is 10.4. The van der Waals surface area contributed by atoms with Crippen molar-refractivity contribution in [1.29, 1.82) is 0 Å². The molecule has 1 aromatic heterocycles. The van der Waals surface area contributed by atoms with Gasteiger partial charge in [0.15, 0.2) is 0 Å². The van der Waals surface area contributed by atoms with E-state index in [1.54, 1.807) is 6.26 Å². The summed E-state index contributed by atoms with van der Waals surface area (Å²) >= 11 is 3.24. The largest absolute Gasteiger partial charge is 0.467 e. The molecule has 0 spiro atoms. The van der Waals surface area contributed by atoms with Gasteiger partial charge in [0.2, 0.25) is 0 Å². The lowest BCUT2D eigenvalue weighted by Crippen LogP contribution is -1.99. The molecule has 0 atom stereocenters. The lowest BCUT2D eigenvalue weighted by Gasteiger charge is -2.06. The Balaban J connectivity index is 2.07. The van der Waals surface area contributed by atoms with E-state index in [4.69, 9.17) is 4.42 Å². The van der Waals surface area contributed by atoms with Crippen LogP contribution in [0.2, 0.25) is 0 Å². The van der Waals surface area contributed by atoms with Crippen LogP contribution < -0.4 is 5.32 Å². The van der Waals surface area contributed by atoms with Crippen molar-refractivity contribution >= 4 is 21.6 Å². The number of anilines is 1. The van der Waals surface area contributed by atoms with Crippen LogP contribution in [0.15, 0.2) is 39.4 Å². The van der Waals surface area contributed by atoms with Crippen LogP contribution >= 0.6 is 15.9 Å². The predicted octanol–water partition coefficient (Wildman–Crippen LogP) is 4.10. The average Bonchev–Trinajstić information content (AvgIpc) is 2.59. The van der Waals surface area contributed by atoms with E-state index in [1.165, 1.54) is 12.1 Å². The number of halogens is 2. The average molecular weight is 284 g/mol. The van der Waals surface area contributed by atoms with Crippen molar-refractivity contribution < 1.29 is 8.81 Å². The zero-order valence-corrected chi connectivity index (χ0v) is 10.3. The zero-order chi connectivity index (χ0) is 11.5. The molecule has 0 radical (unpaired) electrons. The molecule has 84 valence electrons. The molecule has 2 aromatic rings. The maximum atomic E-state index is 13.1. The first-order valence-electron chi connectivity index (χ1n) is 4.88. The molecule has 0 amide bonds. The minimum atomic E-state index is -0.270. The summed E-state index contributed by atoms with van der Waals surface area (Å²) in [6, 6.07) is 6.59. The van der Waals surface area contributed by atoms with Gasteiger partial charge in [-0.2, -0.15) is 0 Å². The number of hydrogen-bond donors (Lipinski definition) is 1. The van der Waals surface area contributed by atoms with Gasteiger partial charge in [0, 0.05) is 10.2 Å². The van der Waals surface area contributed by atoms with E-state index in [2.05, 4.69) is 21.2 Å².